The van der Waals surface area contributed by atoms with E-state index >= 15 is 0 Å². The first-order valence-electron chi connectivity index (χ1n) is 44.4. The molecule has 0 aliphatic heterocycles. The fourth-order valence-electron chi connectivity index (χ4n) is 14.8. The second kappa shape index (κ2) is 78.9. The zero-order valence-corrected chi connectivity index (χ0v) is 69.5. The number of esters is 2. The van der Waals surface area contributed by atoms with E-state index in [4.69, 9.17) is 9.47 Å². The van der Waals surface area contributed by atoms with E-state index in [1.807, 2.05) is 0 Å². The summed E-state index contributed by atoms with van der Waals surface area (Å²) in [4.78, 5) is 57.7. The molecular weight excluding hydrogens is 1280 g/mol. The Morgan fingerprint density at radius 1 is 0.300 bits per heavy atom. The summed E-state index contributed by atoms with van der Waals surface area (Å²) in [6, 6.07) is 0. The van der Waals surface area contributed by atoms with Gasteiger partial charge in [0.2, 0.25) is 0 Å². The van der Waals surface area contributed by atoms with Crippen molar-refractivity contribution in [3.8, 4) is 0 Å². The summed E-state index contributed by atoms with van der Waals surface area (Å²) >= 11 is 3.24. The Labute approximate surface area is 631 Å². The van der Waals surface area contributed by atoms with Crippen LogP contribution in [0.15, 0.2) is 0 Å². The number of thioether (sulfide) groups is 2. The van der Waals surface area contributed by atoms with Gasteiger partial charge in [0.15, 0.2) is 10.2 Å². The van der Waals surface area contributed by atoms with Crippen molar-refractivity contribution in [2.75, 3.05) is 77.2 Å². The van der Waals surface area contributed by atoms with Crippen LogP contribution in [0.3, 0.4) is 0 Å². The third-order valence-corrected chi connectivity index (χ3v) is 23.9. The van der Waals surface area contributed by atoms with Crippen LogP contribution in [0.2, 0.25) is 0 Å². The largest absolute Gasteiger partial charge is 0.466 e. The van der Waals surface area contributed by atoms with Gasteiger partial charge in [-0.25, -0.2) is 0 Å². The molecule has 12 heteroatoms. The van der Waals surface area contributed by atoms with Gasteiger partial charge in [-0.05, 0) is 154 Å². The number of aliphatic hydroxyl groups excluding tert-OH is 2. The Bertz CT molecular complexity index is 1710. The van der Waals surface area contributed by atoms with Crippen LogP contribution < -0.4 is 0 Å². The number of aliphatic hydroxyl groups is 2. The van der Waals surface area contributed by atoms with Gasteiger partial charge in [0.1, 0.15) is 0 Å². The molecule has 0 radical (unpaired) electrons. The first-order chi connectivity index (χ1) is 49.0. The molecule has 4 atom stereocenters. The minimum absolute atomic E-state index is 0.0400. The van der Waals surface area contributed by atoms with Crippen LogP contribution >= 0.6 is 23.5 Å². The molecule has 0 aliphatic carbocycles. The molecule has 0 saturated carbocycles. The second-order valence-corrected chi connectivity index (χ2v) is 33.3. The maximum atomic E-state index is 13.6. The molecule has 0 amide bonds. The van der Waals surface area contributed by atoms with Crippen LogP contribution in [0.25, 0.3) is 0 Å². The summed E-state index contributed by atoms with van der Waals surface area (Å²) in [6.45, 7) is 23.7. The standard InChI is InChI=1S/C88H172N2O8S2/c1-8-14-20-23-28-43-64-84(65-44-29-24-21-15-9-2)88(96)100-79-57-37-33-51-71-90(73-75-92)70-50-32-35-54-76-97-85(93)67-47-46-60-81(59-19-13-6)80(7)58-41-38-45-66-83(63-40-18-12-5)87(95)99-78-56-36-26-31-49-69-89(72-52-53-74-91)68-48-30-25-34-55-77-98-86(94)82(61-39-17-11-4)62-42-27-22-16-10-3/h80-84,91-92H,8-79H2,1-7H3. The van der Waals surface area contributed by atoms with E-state index in [2.05, 4.69) is 58.3 Å². The third kappa shape index (κ3) is 65.1. The Kier molecular flexibility index (Phi) is 77.9. The Hall–Kier alpha value is -1.18. The first-order valence-corrected chi connectivity index (χ1v) is 46.3. The van der Waals surface area contributed by atoms with E-state index in [0.717, 1.165) is 198 Å². The van der Waals surface area contributed by atoms with Gasteiger partial charge in [0, 0.05) is 42.9 Å². The van der Waals surface area contributed by atoms with Crippen LogP contribution in [0.5, 0.6) is 0 Å². The van der Waals surface area contributed by atoms with Crippen LogP contribution in [0.1, 0.15) is 434 Å². The van der Waals surface area contributed by atoms with Gasteiger partial charge in [0.05, 0.1) is 25.7 Å². The smallest absolute Gasteiger partial charge is 0.308 e. The molecule has 0 fully saturated rings. The lowest BCUT2D eigenvalue weighted by molar-refractivity contribution is -0.149. The van der Waals surface area contributed by atoms with E-state index in [0.29, 0.717) is 41.7 Å². The van der Waals surface area contributed by atoms with Crippen LogP contribution in [0, 0.1) is 29.6 Å². The first kappa shape index (κ1) is 98.8. The molecule has 0 aromatic carbocycles. The number of nitrogens with zero attached hydrogens (tertiary/aromatic N) is 2. The van der Waals surface area contributed by atoms with Gasteiger partial charge in [-0.3, -0.25) is 19.2 Å². The summed E-state index contributed by atoms with van der Waals surface area (Å²) in [5.41, 5.74) is 0. The summed E-state index contributed by atoms with van der Waals surface area (Å²) in [7, 11) is 0. The fraction of sp³-hybridized carbons (Fsp3) is 0.955. The normalized spacial score (nSPS) is 13.1. The van der Waals surface area contributed by atoms with Crippen molar-refractivity contribution in [1.82, 2.24) is 9.80 Å². The Morgan fingerprint density at radius 2 is 0.610 bits per heavy atom. The quantitative estimate of drug-likeness (QED) is 0.0444. The highest BCUT2D eigenvalue weighted by Crippen LogP contribution is 2.31. The Balaban J connectivity index is 4.48. The summed E-state index contributed by atoms with van der Waals surface area (Å²) < 4.78 is 11.5. The van der Waals surface area contributed by atoms with Gasteiger partial charge in [-0.1, -0.05) is 342 Å². The van der Waals surface area contributed by atoms with Crippen LogP contribution in [-0.2, 0) is 28.7 Å². The molecule has 0 bridgehead atoms. The third-order valence-electron chi connectivity index (χ3n) is 21.7. The number of unbranched alkanes of at least 4 members (excludes halogenated alkanes) is 37. The molecule has 2 N–H and O–H groups in total. The lowest BCUT2D eigenvalue weighted by Gasteiger charge is -2.24. The summed E-state index contributed by atoms with van der Waals surface area (Å²) in [5.74, 6) is 3.86. The molecule has 0 aliphatic rings. The lowest BCUT2D eigenvalue weighted by atomic mass is 9.82. The van der Waals surface area contributed by atoms with E-state index < -0.39 is 0 Å². The molecule has 100 heavy (non-hydrogen) atoms. The van der Waals surface area contributed by atoms with Crippen molar-refractivity contribution in [2.45, 2.75) is 434 Å². The van der Waals surface area contributed by atoms with Crippen molar-refractivity contribution in [2.24, 2.45) is 29.6 Å². The van der Waals surface area contributed by atoms with E-state index in [-0.39, 0.29) is 42.9 Å². The molecule has 0 heterocycles. The summed E-state index contributed by atoms with van der Waals surface area (Å²) in [5, 5.41) is 20.1. The van der Waals surface area contributed by atoms with Gasteiger partial charge in [-0.15, -0.1) is 0 Å². The lowest BCUT2D eigenvalue weighted by Crippen LogP contribution is -2.29. The second-order valence-electron chi connectivity index (χ2n) is 31.1. The van der Waals surface area contributed by atoms with Crippen molar-refractivity contribution in [1.29, 1.82) is 0 Å². The van der Waals surface area contributed by atoms with E-state index in [9.17, 15) is 29.4 Å². The monoisotopic (exact) mass is 1450 g/mol. The van der Waals surface area contributed by atoms with Gasteiger partial charge in [-0.2, -0.15) is 0 Å². The topological polar surface area (TPSA) is 134 Å². The SMILES string of the molecule is CCCCCCCCC(CCCCCCCC)C(=O)SCCCCCCN(CCO)CCCCCCOC(=O)CCCCC(CCCC)C(C)CCCCCC(CCCCC)C(=O)SCCCCCCCN(CCCCO)CCCCCCCOC(=O)C(CCCCC)CCCCCCC. The van der Waals surface area contributed by atoms with Crippen LogP contribution in [0.4, 0.5) is 0 Å². The predicted molar refractivity (Wildman–Crippen MR) is 438 cm³/mol. The number of ether oxygens (including phenoxy) is 2. The highest BCUT2D eigenvalue weighted by molar-refractivity contribution is 8.13. The molecule has 4 unspecified atom stereocenters. The summed E-state index contributed by atoms with van der Waals surface area (Å²) in [6.07, 6.45) is 69.8. The average Bonchev–Trinajstić information content (AvgIpc) is 1.36. The zero-order chi connectivity index (χ0) is 73.1. The molecule has 0 aromatic rings. The molecule has 594 valence electrons. The highest BCUT2D eigenvalue weighted by atomic mass is 32.2. The molecule has 0 spiro atoms. The average molecular weight is 1450 g/mol. The van der Waals surface area contributed by atoms with E-state index in [1.165, 1.54) is 231 Å². The van der Waals surface area contributed by atoms with Gasteiger partial charge < -0.3 is 29.5 Å². The fourth-order valence-corrected chi connectivity index (χ4v) is 16.8. The molecule has 0 rings (SSSR count). The molecule has 10 nitrogen and oxygen atoms in total. The number of rotatable bonds is 82. The molecule has 0 aromatic heterocycles. The number of hydrogen-bond acceptors (Lipinski definition) is 12. The number of hydrogen-bond donors (Lipinski definition) is 2. The van der Waals surface area contributed by atoms with Crippen molar-refractivity contribution >= 4 is 45.7 Å². The van der Waals surface area contributed by atoms with E-state index in [1.54, 1.807) is 23.5 Å². The van der Waals surface area contributed by atoms with Crippen LogP contribution in [-0.4, -0.2) is 119 Å². The van der Waals surface area contributed by atoms with Crippen molar-refractivity contribution < 1.29 is 38.9 Å². The van der Waals surface area contributed by atoms with Crippen molar-refractivity contribution in [3.63, 3.8) is 0 Å². The predicted octanol–water partition coefficient (Wildman–Crippen LogP) is 25.8. The highest BCUT2D eigenvalue weighted by Gasteiger charge is 2.23. The maximum absolute atomic E-state index is 13.6. The Morgan fingerprint density at radius 3 is 1.04 bits per heavy atom. The number of carbonyl (C=O) groups is 4. The van der Waals surface area contributed by atoms with Gasteiger partial charge in [0.25, 0.3) is 0 Å². The molecular formula is C88H172N2O8S2. The number of carbonyl (C=O) groups excluding carboxylic acids is 4. The minimum atomic E-state index is -0.0400. The maximum Gasteiger partial charge on any atom is 0.308 e. The zero-order valence-electron chi connectivity index (χ0n) is 67.9. The minimum Gasteiger partial charge on any atom is -0.466 e. The van der Waals surface area contributed by atoms with Crippen molar-refractivity contribution in [3.05, 3.63) is 0 Å². The molecule has 0 saturated heterocycles. The van der Waals surface area contributed by atoms with Gasteiger partial charge >= 0.3 is 11.9 Å².